The molecule has 3 aliphatic heterocycles. The summed E-state index contributed by atoms with van der Waals surface area (Å²) in [4.78, 5) is 18.2. The van der Waals surface area contributed by atoms with Gasteiger partial charge in [0.05, 0.1) is 5.36 Å². The Labute approximate surface area is 198 Å². The Balaban J connectivity index is 1.55. The molecule has 1 N–H and O–H groups in total. The van der Waals surface area contributed by atoms with Gasteiger partial charge in [-0.2, -0.15) is 0 Å². The first-order valence-electron chi connectivity index (χ1n) is 10.7. The molecule has 0 fully saturated rings. The Morgan fingerprint density at radius 1 is 1.19 bits per heavy atom. The molecule has 0 aromatic heterocycles. The lowest BCUT2D eigenvalue weighted by molar-refractivity contribution is -0.116. The number of carbonyl (C=O) groups is 1. The van der Waals surface area contributed by atoms with Crippen molar-refractivity contribution in [3.63, 3.8) is 0 Å². The minimum absolute atomic E-state index is 0.166. The van der Waals surface area contributed by atoms with Crippen molar-refractivity contribution < 1.29 is 14.3 Å². The standard InChI is InChI=1S/C23H23BrN4O3S/c1-2-3-4-7-10-32-23-26-22(29)20-14-8-5-6-9-17(14)25-21(28(20)27-23)15-11-18-19(12-16(15)24)31-13-30-18/h5-6,8-9,11-12,21H,2-4,7,10,13H2,1H3,(H,26,27,29)/t21-/m0/s1. The van der Waals surface area contributed by atoms with E-state index < -0.39 is 6.17 Å². The van der Waals surface area contributed by atoms with Crippen LogP contribution in [0.25, 0.3) is 5.70 Å². The average molecular weight is 515 g/mol. The predicted octanol–water partition coefficient (Wildman–Crippen LogP) is 3.63. The molecule has 0 aliphatic carbocycles. The first-order valence-corrected chi connectivity index (χ1v) is 12.5. The zero-order chi connectivity index (χ0) is 22.1. The Kier molecular flexibility index (Phi) is 6.10. The van der Waals surface area contributed by atoms with Gasteiger partial charge in [-0.15, -0.1) is 5.10 Å². The van der Waals surface area contributed by atoms with Gasteiger partial charge in [0.1, 0.15) is 5.70 Å². The normalized spacial score (nSPS) is 18.5. The van der Waals surface area contributed by atoms with E-state index in [1.807, 2.05) is 36.4 Å². The van der Waals surface area contributed by atoms with Crippen LogP contribution < -0.4 is 25.4 Å². The minimum Gasteiger partial charge on any atom is -0.454 e. The third-order valence-electron chi connectivity index (χ3n) is 5.52. The third-order valence-corrected chi connectivity index (χ3v) is 7.16. The first kappa shape index (κ1) is 21.3. The number of amidine groups is 1. The van der Waals surface area contributed by atoms with Gasteiger partial charge in [0, 0.05) is 21.0 Å². The molecule has 0 bridgehead atoms. The van der Waals surface area contributed by atoms with Crippen LogP contribution >= 0.6 is 27.7 Å². The maximum absolute atomic E-state index is 13.2. The van der Waals surface area contributed by atoms with Crippen LogP contribution in [0, 0.1) is 0 Å². The van der Waals surface area contributed by atoms with Gasteiger partial charge in [0.15, 0.2) is 22.8 Å². The van der Waals surface area contributed by atoms with Crippen molar-refractivity contribution >= 4 is 44.5 Å². The number of hydrogen-bond donors (Lipinski definition) is 1. The van der Waals surface area contributed by atoms with Crippen molar-refractivity contribution in [3.8, 4) is 11.5 Å². The fourth-order valence-corrected chi connectivity index (χ4v) is 5.30. The maximum atomic E-state index is 13.2. The smallest absolute Gasteiger partial charge is 0.276 e. The van der Waals surface area contributed by atoms with Gasteiger partial charge in [-0.3, -0.25) is 15.1 Å². The molecular formula is C23H23BrN4O3S. The number of amides is 1. The van der Waals surface area contributed by atoms with Gasteiger partial charge in [-0.25, -0.2) is 5.01 Å². The molecule has 2 aromatic carbocycles. The van der Waals surface area contributed by atoms with Crippen LogP contribution in [0.3, 0.4) is 0 Å². The largest absolute Gasteiger partial charge is 0.454 e. The van der Waals surface area contributed by atoms with Crippen LogP contribution in [0.1, 0.15) is 44.3 Å². The van der Waals surface area contributed by atoms with Gasteiger partial charge >= 0.3 is 0 Å². The summed E-state index contributed by atoms with van der Waals surface area (Å²) in [6.07, 6.45) is 4.18. The highest BCUT2D eigenvalue weighted by molar-refractivity contribution is 9.10. The van der Waals surface area contributed by atoms with E-state index in [0.29, 0.717) is 22.4 Å². The molecule has 0 radical (unpaired) electrons. The summed E-state index contributed by atoms with van der Waals surface area (Å²) < 4.78 is 11.9. The molecule has 2 aromatic rings. The van der Waals surface area contributed by atoms with E-state index >= 15 is 0 Å². The van der Waals surface area contributed by atoms with E-state index in [4.69, 9.17) is 19.6 Å². The summed E-state index contributed by atoms with van der Waals surface area (Å²) in [5.41, 5.74) is 1.35. The zero-order valence-corrected chi connectivity index (χ0v) is 20.0. The Morgan fingerprint density at radius 3 is 2.84 bits per heavy atom. The van der Waals surface area contributed by atoms with Gasteiger partial charge in [0.2, 0.25) is 6.79 Å². The molecule has 3 heterocycles. The molecule has 0 unspecified atom stereocenters. The number of nitrogens with one attached hydrogen (secondary N) is 1. The minimum atomic E-state index is -0.509. The number of unbranched alkanes of at least 4 members (excludes halogenated alkanes) is 3. The van der Waals surface area contributed by atoms with Gasteiger partial charge < -0.3 is 9.47 Å². The summed E-state index contributed by atoms with van der Waals surface area (Å²) >= 11 is 5.23. The quantitative estimate of drug-likeness (QED) is 0.595. The van der Waals surface area contributed by atoms with Gasteiger partial charge in [0.25, 0.3) is 5.91 Å². The van der Waals surface area contributed by atoms with Crippen molar-refractivity contribution in [2.24, 2.45) is 10.1 Å². The third kappa shape index (κ3) is 3.99. The summed E-state index contributed by atoms with van der Waals surface area (Å²) in [6, 6.07) is 11.4. The lowest BCUT2D eigenvalue weighted by Crippen LogP contribution is -2.50. The van der Waals surface area contributed by atoms with Crippen LogP contribution in [0.4, 0.5) is 0 Å². The van der Waals surface area contributed by atoms with Crippen molar-refractivity contribution in [2.45, 2.75) is 38.8 Å². The van der Waals surface area contributed by atoms with E-state index in [9.17, 15) is 4.79 Å². The molecule has 0 spiro atoms. The van der Waals surface area contributed by atoms with Crippen LogP contribution in [-0.4, -0.2) is 28.6 Å². The second-order valence-corrected chi connectivity index (χ2v) is 9.65. The number of nitrogens with zero attached hydrogens (tertiary/aromatic N) is 3. The number of rotatable bonds is 6. The van der Waals surface area contributed by atoms with Crippen LogP contribution in [0.5, 0.6) is 11.5 Å². The second-order valence-electron chi connectivity index (χ2n) is 7.71. The van der Waals surface area contributed by atoms with Gasteiger partial charge in [-0.05, 0) is 24.6 Å². The molecule has 7 nitrogen and oxygen atoms in total. The summed E-state index contributed by atoms with van der Waals surface area (Å²) in [6.45, 7) is 2.39. The lowest BCUT2D eigenvalue weighted by atomic mass is 10.1. The van der Waals surface area contributed by atoms with E-state index in [1.165, 1.54) is 19.3 Å². The number of halogens is 1. The number of carbonyl (C=O) groups excluding carboxylic acids is 1. The summed E-state index contributed by atoms with van der Waals surface area (Å²) in [7, 11) is 0. The van der Waals surface area contributed by atoms with Crippen LogP contribution in [0.2, 0.25) is 0 Å². The molecule has 166 valence electrons. The Bertz CT molecular complexity index is 1220. The average Bonchev–Trinajstić information content (AvgIpc) is 3.25. The molecule has 0 saturated heterocycles. The number of benzene rings is 2. The molecule has 1 atom stereocenters. The molecular weight excluding hydrogens is 492 g/mol. The number of fused-ring (bicyclic) bond motifs is 3. The van der Waals surface area contributed by atoms with Crippen molar-refractivity contribution in [1.82, 2.24) is 10.3 Å². The van der Waals surface area contributed by atoms with E-state index in [-0.39, 0.29) is 12.7 Å². The van der Waals surface area contributed by atoms with Crippen LogP contribution in [0.15, 0.2) is 51.0 Å². The molecule has 5 rings (SSSR count). The van der Waals surface area contributed by atoms with Crippen molar-refractivity contribution in [2.75, 3.05) is 12.5 Å². The van der Waals surface area contributed by atoms with E-state index in [1.54, 1.807) is 16.8 Å². The molecule has 0 saturated carbocycles. The highest BCUT2D eigenvalue weighted by Crippen LogP contribution is 2.42. The summed E-state index contributed by atoms with van der Waals surface area (Å²) in [5, 5.41) is 11.7. The molecule has 1 amide bonds. The Hall–Kier alpha value is -2.52. The molecule has 3 aliphatic rings. The number of thioether (sulfide) groups is 1. The van der Waals surface area contributed by atoms with Crippen LogP contribution in [-0.2, 0) is 4.79 Å². The van der Waals surface area contributed by atoms with E-state index in [0.717, 1.165) is 32.8 Å². The van der Waals surface area contributed by atoms with Crippen molar-refractivity contribution in [3.05, 3.63) is 57.0 Å². The highest BCUT2D eigenvalue weighted by Gasteiger charge is 2.36. The topological polar surface area (TPSA) is 75.5 Å². The monoisotopic (exact) mass is 514 g/mol. The Morgan fingerprint density at radius 2 is 2.00 bits per heavy atom. The fourth-order valence-electron chi connectivity index (χ4n) is 3.92. The second kappa shape index (κ2) is 9.15. The number of hydrazone groups is 1. The van der Waals surface area contributed by atoms with Crippen molar-refractivity contribution in [1.29, 1.82) is 0 Å². The number of hydrogen-bond acceptors (Lipinski definition) is 7. The summed E-state index contributed by atoms with van der Waals surface area (Å²) in [5.74, 6) is 2.09. The lowest BCUT2D eigenvalue weighted by Gasteiger charge is -2.34. The highest BCUT2D eigenvalue weighted by atomic mass is 79.9. The SMILES string of the molecule is CCCCCCSC1=NN2C(=c3ccccc3=N[C@@H]2c2cc3c(cc2Br)OCO3)C(=O)N1. The number of para-hydroxylation sites is 1. The molecule has 32 heavy (non-hydrogen) atoms. The van der Waals surface area contributed by atoms with E-state index in [2.05, 4.69) is 28.2 Å². The number of ether oxygens (including phenoxy) is 2. The van der Waals surface area contributed by atoms with Gasteiger partial charge in [-0.1, -0.05) is 72.1 Å². The predicted molar refractivity (Wildman–Crippen MR) is 128 cm³/mol. The fraction of sp³-hybridized carbons (Fsp3) is 0.348. The first-order chi connectivity index (χ1) is 15.7. The molecule has 9 heteroatoms. The zero-order valence-electron chi connectivity index (χ0n) is 17.6. The maximum Gasteiger partial charge on any atom is 0.276 e.